The fourth-order valence-electron chi connectivity index (χ4n) is 5.55. The van der Waals surface area contributed by atoms with Crippen LogP contribution in [0.25, 0.3) is 10.9 Å². The summed E-state index contributed by atoms with van der Waals surface area (Å²) < 4.78 is 8.00. The molecule has 182 valence electrons. The molecule has 1 aromatic heterocycles. The van der Waals surface area contributed by atoms with E-state index in [1.54, 1.807) is 11.9 Å². The molecule has 1 atom stereocenters. The van der Waals surface area contributed by atoms with Gasteiger partial charge in [0.2, 0.25) is 0 Å². The highest BCUT2D eigenvalue weighted by atomic mass is 16.5. The van der Waals surface area contributed by atoms with Crippen molar-refractivity contribution in [2.24, 2.45) is 11.8 Å². The fourth-order valence-corrected chi connectivity index (χ4v) is 5.55. The molecule has 1 aromatic carbocycles. The largest absolute Gasteiger partial charge is 0.481 e. The van der Waals surface area contributed by atoms with Crippen LogP contribution < -0.4 is 0 Å². The van der Waals surface area contributed by atoms with E-state index in [-0.39, 0.29) is 12.3 Å². The van der Waals surface area contributed by atoms with Gasteiger partial charge in [-0.05, 0) is 81.0 Å². The van der Waals surface area contributed by atoms with E-state index in [4.69, 9.17) is 9.84 Å². The summed E-state index contributed by atoms with van der Waals surface area (Å²) in [4.78, 5) is 25.4. The zero-order valence-electron chi connectivity index (χ0n) is 20.7. The summed E-state index contributed by atoms with van der Waals surface area (Å²) in [6.45, 7) is 9.36. The number of nitrogens with zero attached hydrogens (tertiary/aromatic N) is 2. The number of benzene rings is 1. The van der Waals surface area contributed by atoms with E-state index in [0.29, 0.717) is 24.4 Å². The zero-order valence-corrected chi connectivity index (χ0v) is 20.7. The van der Waals surface area contributed by atoms with Gasteiger partial charge in [-0.2, -0.15) is 0 Å². The van der Waals surface area contributed by atoms with Crippen LogP contribution in [0.1, 0.15) is 74.5 Å². The minimum atomic E-state index is -0.825. The number of hydrogen-bond acceptors (Lipinski definition) is 3. The molecular formula is C27H40N2O4. The number of aliphatic carboxylic acids is 1. The van der Waals surface area contributed by atoms with Crippen molar-refractivity contribution < 1.29 is 19.4 Å². The maximum Gasteiger partial charge on any atom is 0.303 e. The van der Waals surface area contributed by atoms with E-state index in [0.717, 1.165) is 51.4 Å². The second-order valence-electron chi connectivity index (χ2n) is 9.08. The first-order valence-electron chi connectivity index (χ1n) is 12.7. The Balaban J connectivity index is 0.00000149. The molecule has 0 saturated carbocycles. The topological polar surface area (TPSA) is 71.8 Å². The zero-order chi connectivity index (χ0) is 24.0. The second-order valence-corrected chi connectivity index (χ2v) is 9.08. The highest BCUT2D eigenvalue weighted by Crippen LogP contribution is 2.39. The number of fused-ring (bicyclic) bond motifs is 3. The maximum atomic E-state index is 13.0. The van der Waals surface area contributed by atoms with Crippen molar-refractivity contribution in [1.29, 1.82) is 0 Å². The van der Waals surface area contributed by atoms with Crippen LogP contribution >= 0.6 is 0 Å². The highest BCUT2D eigenvalue weighted by Gasteiger charge is 2.31. The van der Waals surface area contributed by atoms with Crippen LogP contribution in [0, 0.1) is 11.8 Å². The predicted octanol–water partition coefficient (Wildman–Crippen LogP) is 5.16. The van der Waals surface area contributed by atoms with Crippen molar-refractivity contribution in [3.63, 3.8) is 0 Å². The van der Waals surface area contributed by atoms with Crippen molar-refractivity contribution in [1.82, 2.24) is 9.47 Å². The summed E-state index contributed by atoms with van der Waals surface area (Å²) in [5.41, 5.74) is 4.79. The van der Waals surface area contributed by atoms with Gasteiger partial charge in [0.15, 0.2) is 0 Å². The molecule has 1 fully saturated rings. The molecule has 6 heteroatoms. The molecular weight excluding hydrogens is 416 g/mol. The molecule has 6 nitrogen and oxygen atoms in total. The number of carboxylic acid groups (broad SMARTS) is 1. The number of amides is 1. The molecule has 1 saturated heterocycles. The van der Waals surface area contributed by atoms with Gasteiger partial charge in [0.05, 0.1) is 0 Å². The van der Waals surface area contributed by atoms with Gasteiger partial charge in [-0.3, -0.25) is 9.59 Å². The number of carbonyl (C=O) groups excluding carboxylic acids is 1. The van der Waals surface area contributed by atoms with E-state index >= 15 is 0 Å². The van der Waals surface area contributed by atoms with E-state index in [9.17, 15) is 9.59 Å². The first-order chi connectivity index (χ1) is 16.0. The normalized spacial score (nSPS) is 18.4. The lowest BCUT2D eigenvalue weighted by Crippen LogP contribution is -2.28. The van der Waals surface area contributed by atoms with E-state index in [1.165, 1.54) is 28.6 Å². The number of carboxylic acids is 1. The third-order valence-electron chi connectivity index (χ3n) is 7.23. The molecule has 0 radical (unpaired) electrons. The quantitative estimate of drug-likeness (QED) is 0.625. The molecule has 2 aromatic rings. The van der Waals surface area contributed by atoms with Gasteiger partial charge in [0.25, 0.3) is 5.91 Å². The first-order valence-corrected chi connectivity index (χ1v) is 12.7. The Hall–Kier alpha value is -2.34. The standard InChI is InChI=1S/C25H34N2O4.C2H6/c1-3-27-22-8-6-18(17-10-13-31-14-11-17)15-20(22)21-16-19(7-9-23(21)27)25(30)26(2)12-4-5-24(28)29;1-2/h7,9,16-18H,3-6,8,10-15H2,1-2H3,(H,28,29);1-2H3. The lowest BCUT2D eigenvalue weighted by atomic mass is 9.75. The molecule has 1 N–H and O–H groups in total. The van der Waals surface area contributed by atoms with Gasteiger partial charge < -0.3 is 19.3 Å². The smallest absolute Gasteiger partial charge is 0.303 e. The van der Waals surface area contributed by atoms with Crippen molar-refractivity contribution in [3.05, 3.63) is 35.0 Å². The van der Waals surface area contributed by atoms with Crippen molar-refractivity contribution in [2.75, 3.05) is 26.8 Å². The molecule has 0 spiro atoms. The van der Waals surface area contributed by atoms with Gasteiger partial charge in [-0.15, -0.1) is 0 Å². The SMILES string of the molecule is CC.CCn1c2c(c3cc(C(=O)N(C)CCCC(=O)O)ccc31)CC(C1CCOCC1)CC2. The highest BCUT2D eigenvalue weighted by molar-refractivity contribution is 5.99. The molecule has 2 aliphatic rings. The van der Waals surface area contributed by atoms with Crippen LogP contribution in [0.15, 0.2) is 18.2 Å². The average molecular weight is 457 g/mol. The van der Waals surface area contributed by atoms with E-state index in [1.807, 2.05) is 19.9 Å². The number of hydrogen-bond donors (Lipinski definition) is 1. The van der Waals surface area contributed by atoms with Gasteiger partial charge in [-0.1, -0.05) is 13.8 Å². The number of aromatic nitrogens is 1. The van der Waals surface area contributed by atoms with Crippen LogP contribution in [-0.2, 0) is 28.9 Å². The lowest BCUT2D eigenvalue weighted by molar-refractivity contribution is -0.137. The fraction of sp³-hybridized carbons (Fsp3) is 0.630. The average Bonchev–Trinajstić information content (AvgIpc) is 3.17. The Bertz CT molecular complexity index is 959. The predicted molar refractivity (Wildman–Crippen MR) is 132 cm³/mol. The molecule has 33 heavy (non-hydrogen) atoms. The maximum absolute atomic E-state index is 13.0. The van der Waals surface area contributed by atoms with Gasteiger partial charge in [0.1, 0.15) is 0 Å². The molecule has 1 amide bonds. The summed E-state index contributed by atoms with van der Waals surface area (Å²) in [6, 6.07) is 6.09. The van der Waals surface area contributed by atoms with Crippen LogP contribution in [-0.4, -0.2) is 53.3 Å². The van der Waals surface area contributed by atoms with Crippen LogP contribution in [0.3, 0.4) is 0 Å². The molecule has 1 unspecified atom stereocenters. The van der Waals surface area contributed by atoms with E-state index in [2.05, 4.69) is 23.6 Å². The van der Waals surface area contributed by atoms with Crippen LogP contribution in [0.5, 0.6) is 0 Å². The molecule has 0 bridgehead atoms. The van der Waals surface area contributed by atoms with Crippen LogP contribution in [0.2, 0.25) is 0 Å². The van der Waals surface area contributed by atoms with Gasteiger partial charge in [-0.25, -0.2) is 0 Å². The molecule has 4 rings (SSSR count). The Morgan fingerprint density at radius 1 is 1.15 bits per heavy atom. The second kappa shape index (κ2) is 11.7. The third-order valence-corrected chi connectivity index (χ3v) is 7.23. The molecule has 1 aliphatic carbocycles. The Morgan fingerprint density at radius 3 is 2.55 bits per heavy atom. The van der Waals surface area contributed by atoms with E-state index < -0.39 is 5.97 Å². The number of aryl methyl sites for hydroxylation is 1. The van der Waals surface area contributed by atoms with Gasteiger partial charge in [0, 0.05) is 61.9 Å². The van der Waals surface area contributed by atoms with Crippen LogP contribution in [0.4, 0.5) is 0 Å². The molecule has 2 heterocycles. The van der Waals surface area contributed by atoms with Crippen molar-refractivity contribution in [2.45, 2.75) is 72.3 Å². The molecule has 1 aliphatic heterocycles. The number of ether oxygens (including phenoxy) is 1. The summed E-state index contributed by atoms with van der Waals surface area (Å²) in [6.07, 6.45) is 6.32. The summed E-state index contributed by atoms with van der Waals surface area (Å²) in [5, 5.41) is 10.1. The monoisotopic (exact) mass is 456 g/mol. The lowest BCUT2D eigenvalue weighted by Gasteiger charge is -2.33. The Labute approximate surface area is 197 Å². The summed E-state index contributed by atoms with van der Waals surface area (Å²) >= 11 is 0. The van der Waals surface area contributed by atoms with Crippen molar-refractivity contribution in [3.8, 4) is 0 Å². The summed E-state index contributed by atoms with van der Waals surface area (Å²) in [5.74, 6) is 0.577. The minimum absolute atomic E-state index is 0.0397. The number of carbonyl (C=O) groups is 2. The third kappa shape index (κ3) is 5.60. The first kappa shape index (κ1) is 25.3. The Kier molecular flexibility index (Phi) is 8.95. The Morgan fingerprint density at radius 2 is 1.88 bits per heavy atom. The minimum Gasteiger partial charge on any atom is -0.481 e. The van der Waals surface area contributed by atoms with Gasteiger partial charge >= 0.3 is 5.97 Å². The summed E-state index contributed by atoms with van der Waals surface area (Å²) in [7, 11) is 1.75. The van der Waals surface area contributed by atoms with Crippen molar-refractivity contribution >= 4 is 22.8 Å². The number of rotatable bonds is 7.